The monoisotopic (exact) mass is 369 g/mol. The van der Waals surface area contributed by atoms with E-state index < -0.39 is 40.5 Å². The molecule has 0 atom stereocenters. The maximum Gasteiger partial charge on any atom is 0.417 e. The number of halogens is 3. The zero-order chi connectivity index (χ0) is 19.1. The molecule has 0 unspecified atom stereocenters. The Balaban J connectivity index is 2.18. The van der Waals surface area contributed by atoms with Gasteiger partial charge >= 0.3 is 12.2 Å². The van der Waals surface area contributed by atoms with Crippen LogP contribution >= 0.6 is 0 Å². The van der Waals surface area contributed by atoms with Gasteiger partial charge in [-0.3, -0.25) is 4.79 Å². The topological polar surface area (TPSA) is 97.3 Å². The molecule has 1 heterocycles. The van der Waals surface area contributed by atoms with E-state index in [1.807, 2.05) is 0 Å². The van der Waals surface area contributed by atoms with Crippen LogP contribution in [0.2, 0.25) is 0 Å². The van der Waals surface area contributed by atoms with Crippen molar-refractivity contribution in [3.63, 3.8) is 0 Å². The Bertz CT molecular complexity index is 867. The Labute approximate surface area is 146 Å². The molecule has 0 aliphatic heterocycles. The molecule has 6 nitrogen and oxygen atoms in total. The molecule has 3 rings (SSSR count). The van der Waals surface area contributed by atoms with Crippen molar-refractivity contribution in [3.8, 4) is 5.88 Å². The summed E-state index contributed by atoms with van der Waals surface area (Å²) in [6.07, 6.45) is -0.478. The van der Waals surface area contributed by atoms with E-state index in [-0.39, 0.29) is 11.6 Å². The van der Waals surface area contributed by atoms with Gasteiger partial charge in [0.1, 0.15) is 5.56 Å². The lowest BCUT2D eigenvalue weighted by Gasteiger charge is -2.22. The van der Waals surface area contributed by atoms with Gasteiger partial charge in [0.25, 0.3) is 5.91 Å². The number of aromatic hydroxyl groups is 1. The van der Waals surface area contributed by atoms with Crippen LogP contribution < -0.4 is 11.1 Å². The van der Waals surface area contributed by atoms with Crippen LogP contribution in [0.5, 0.6) is 5.88 Å². The Hall–Kier alpha value is -2.71. The zero-order valence-corrected chi connectivity index (χ0v) is 13.8. The molecule has 1 aromatic carbocycles. The largest absolute Gasteiger partial charge is 0.494 e. The second kappa shape index (κ2) is 6.54. The number of hydrogen-bond acceptors (Lipinski definition) is 3. The molecule has 140 valence electrons. The Morgan fingerprint density at radius 1 is 1.19 bits per heavy atom. The van der Waals surface area contributed by atoms with E-state index in [9.17, 15) is 27.9 Å². The third kappa shape index (κ3) is 3.09. The molecule has 0 bridgehead atoms. The number of rotatable bonds is 2. The van der Waals surface area contributed by atoms with Gasteiger partial charge in [-0.2, -0.15) is 13.2 Å². The molecule has 4 N–H and O–H groups in total. The van der Waals surface area contributed by atoms with E-state index in [4.69, 9.17) is 5.73 Å². The third-order valence-electron chi connectivity index (χ3n) is 4.66. The van der Waals surface area contributed by atoms with Crippen molar-refractivity contribution in [2.75, 3.05) is 0 Å². The predicted molar refractivity (Wildman–Crippen MR) is 87.9 cm³/mol. The molecule has 0 radical (unpaired) electrons. The summed E-state index contributed by atoms with van der Waals surface area (Å²) in [7, 11) is 0. The molecule has 1 aromatic heterocycles. The van der Waals surface area contributed by atoms with E-state index in [1.165, 1.54) is 6.07 Å². The van der Waals surface area contributed by atoms with Gasteiger partial charge in [0.05, 0.1) is 11.1 Å². The van der Waals surface area contributed by atoms with Crippen molar-refractivity contribution in [1.82, 2.24) is 9.88 Å². The van der Waals surface area contributed by atoms with E-state index in [2.05, 4.69) is 5.32 Å². The number of benzene rings is 1. The SMILES string of the molecule is NC(=O)n1c(O)c(C(=O)NC2CCCCC2)c2c(C(F)(F)F)cccc21. The minimum atomic E-state index is -4.77. The highest BCUT2D eigenvalue weighted by atomic mass is 19.4. The first-order chi connectivity index (χ1) is 12.2. The average molecular weight is 369 g/mol. The highest BCUT2D eigenvalue weighted by Crippen LogP contribution is 2.40. The van der Waals surface area contributed by atoms with Crippen LogP contribution in [0.15, 0.2) is 18.2 Å². The number of carbonyl (C=O) groups is 2. The Morgan fingerprint density at radius 3 is 2.42 bits per heavy atom. The summed E-state index contributed by atoms with van der Waals surface area (Å²) in [6.45, 7) is 0. The van der Waals surface area contributed by atoms with Crippen LogP contribution in [-0.4, -0.2) is 27.7 Å². The lowest BCUT2D eigenvalue weighted by Crippen LogP contribution is -2.36. The van der Waals surface area contributed by atoms with Crippen molar-refractivity contribution < 1.29 is 27.9 Å². The number of amides is 2. The molecular formula is C17H18F3N3O3. The number of nitrogens with one attached hydrogen (secondary N) is 1. The quantitative estimate of drug-likeness (QED) is 0.757. The Kier molecular flexibility index (Phi) is 4.55. The standard InChI is InChI=1S/C17H18F3N3O3/c18-17(19,20)10-7-4-8-11-12(10)13(15(25)23(11)16(21)26)14(24)22-9-5-2-1-3-6-9/h4,7-9,25H,1-3,5-6H2,(H2,21,26)(H,22,24). The number of alkyl halides is 3. The van der Waals surface area contributed by atoms with Crippen LogP contribution in [0.4, 0.5) is 18.0 Å². The first kappa shape index (κ1) is 18.1. The predicted octanol–water partition coefficient (Wildman–Crippen LogP) is 3.36. The maximum atomic E-state index is 13.4. The summed E-state index contributed by atoms with van der Waals surface area (Å²) in [6, 6.07) is 1.73. The fourth-order valence-electron chi connectivity index (χ4n) is 3.51. The van der Waals surface area contributed by atoms with Crippen LogP contribution in [-0.2, 0) is 6.18 Å². The highest BCUT2D eigenvalue weighted by molar-refractivity contribution is 6.13. The normalized spacial score (nSPS) is 16.0. The minimum Gasteiger partial charge on any atom is -0.494 e. The van der Waals surface area contributed by atoms with Gasteiger partial charge in [-0.15, -0.1) is 0 Å². The van der Waals surface area contributed by atoms with Gasteiger partial charge in [0, 0.05) is 11.4 Å². The molecular weight excluding hydrogens is 351 g/mol. The van der Waals surface area contributed by atoms with Gasteiger partial charge in [0.2, 0.25) is 5.88 Å². The number of nitrogens with two attached hydrogens (primary N) is 1. The molecule has 26 heavy (non-hydrogen) atoms. The third-order valence-corrected chi connectivity index (χ3v) is 4.66. The fraction of sp³-hybridized carbons (Fsp3) is 0.412. The van der Waals surface area contributed by atoms with Crippen molar-refractivity contribution in [2.24, 2.45) is 5.73 Å². The second-order valence-corrected chi connectivity index (χ2v) is 6.38. The van der Waals surface area contributed by atoms with Crippen molar-refractivity contribution in [3.05, 3.63) is 29.3 Å². The van der Waals surface area contributed by atoms with E-state index in [1.54, 1.807) is 0 Å². The van der Waals surface area contributed by atoms with Gasteiger partial charge in [-0.05, 0) is 25.0 Å². The second-order valence-electron chi connectivity index (χ2n) is 6.38. The molecule has 1 fully saturated rings. The van der Waals surface area contributed by atoms with E-state index in [0.717, 1.165) is 31.4 Å². The van der Waals surface area contributed by atoms with Gasteiger partial charge in [0.15, 0.2) is 0 Å². The molecule has 2 aromatic rings. The summed E-state index contributed by atoms with van der Waals surface area (Å²) < 4.78 is 40.8. The molecule has 0 saturated heterocycles. The number of hydrogen-bond donors (Lipinski definition) is 3. The molecule has 9 heteroatoms. The molecule has 1 aliphatic rings. The van der Waals surface area contributed by atoms with E-state index in [0.29, 0.717) is 17.4 Å². The fourth-order valence-corrected chi connectivity index (χ4v) is 3.51. The lowest BCUT2D eigenvalue weighted by atomic mass is 9.95. The van der Waals surface area contributed by atoms with Gasteiger partial charge in [-0.1, -0.05) is 25.3 Å². The number of carbonyl (C=O) groups excluding carboxylic acids is 2. The van der Waals surface area contributed by atoms with Crippen molar-refractivity contribution in [2.45, 2.75) is 44.3 Å². The smallest absolute Gasteiger partial charge is 0.417 e. The van der Waals surface area contributed by atoms with E-state index >= 15 is 0 Å². The molecule has 1 saturated carbocycles. The Morgan fingerprint density at radius 2 is 1.85 bits per heavy atom. The van der Waals surface area contributed by atoms with Gasteiger partial charge < -0.3 is 16.2 Å². The van der Waals surface area contributed by atoms with Crippen LogP contribution in [0.1, 0.15) is 48.0 Å². The highest BCUT2D eigenvalue weighted by Gasteiger charge is 2.37. The zero-order valence-electron chi connectivity index (χ0n) is 13.8. The average Bonchev–Trinajstić information content (AvgIpc) is 2.86. The molecule has 0 spiro atoms. The molecule has 2 amide bonds. The lowest BCUT2D eigenvalue weighted by molar-refractivity contribution is -0.136. The van der Waals surface area contributed by atoms with Crippen molar-refractivity contribution >= 4 is 22.8 Å². The first-order valence-electron chi connectivity index (χ1n) is 8.26. The summed E-state index contributed by atoms with van der Waals surface area (Å²) in [5.41, 5.74) is 3.23. The maximum absolute atomic E-state index is 13.4. The summed E-state index contributed by atoms with van der Waals surface area (Å²) in [5, 5.41) is 12.4. The molecule has 1 aliphatic carbocycles. The van der Waals surface area contributed by atoms with Crippen LogP contribution in [0.25, 0.3) is 10.9 Å². The summed E-state index contributed by atoms with van der Waals surface area (Å²) in [5.74, 6) is -1.74. The van der Waals surface area contributed by atoms with Gasteiger partial charge in [-0.25, -0.2) is 9.36 Å². The first-order valence-corrected chi connectivity index (χ1v) is 8.26. The van der Waals surface area contributed by atoms with Crippen molar-refractivity contribution in [1.29, 1.82) is 0 Å². The van der Waals surface area contributed by atoms with Crippen LogP contribution in [0.3, 0.4) is 0 Å². The number of fused-ring (bicyclic) bond motifs is 1. The number of primary amides is 1. The van der Waals surface area contributed by atoms with Crippen LogP contribution in [0, 0.1) is 0 Å². The minimum absolute atomic E-state index is 0.180. The summed E-state index contributed by atoms with van der Waals surface area (Å²) in [4.78, 5) is 24.3. The number of nitrogens with zero attached hydrogens (tertiary/aromatic N) is 1. The number of aromatic nitrogens is 1. The summed E-state index contributed by atoms with van der Waals surface area (Å²) >= 11 is 0.